The Hall–Kier alpha value is -2.00. The molecule has 2 unspecified atom stereocenters. The van der Waals surface area contributed by atoms with Crippen LogP contribution in [0.4, 0.5) is 0 Å². The molecule has 0 fully saturated rings. The van der Waals surface area contributed by atoms with Gasteiger partial charge in [0.05, 0.1) is 6.61 Å². The molecule has 1 heterocycles. The van der Waals surface area contributed by atoms with Crippen LogP contribution in [-0.2, 0) is 12.8 Å². The minimum Gasteiger partial charge on any atom is -0.508 e. The summed E-state index contributed by atoms with van der Waals surface area (Å²) in [5.74, 6) is 1.79. The van der Waals surface area contributed by atoms with Crippen LogP contribution in [0.15, 0.2) is 48.5 Å². The Bertz CT molecular complexity index is 594. The van der Waals surface area contributed by atoms with Crippen molar-refractivity contribution in [2.75, 3.05) is 13.7 Å². The van der Waals surface area contributed by atoms with Crippen molar-refractivity contribution >= 4 is 0 Å². The predicted molar refractivity (Wildman–Crippen MR) is 83.8 cm³/mol. The zero-order valence-corrected chi connectivity index (χ0v) is 12.3. The summed E-state index contributed by atoms with van der Waals surface area (Å²) >= 11 is 0. The van der Waals surface area contributed by atoms with Gasteiger partial charge < -0.3 is 15.2 Å². The average Bonchev–Trinajstić information content (AvgIpc) is 2.54. The van der Waals surface area contributed by atoms with E-state index in [1.165, 1.54) is 11.1 Å². The second-order valence-corrected chi connectivity index (χ2v) is 5.65. The predicted octanol–water partition coefficient (Wildman–Crippen LogP) is 2.77. The number of aromatic hydroxyl groups is 1. The maximum atomic E-state index is 9.37. The number of likely N-dealkylation sites (N-methyl/N-ethyl adjacent to an activating group) is 1. The topological polar surface area (TPSA) is 41.5 Å². The number of hydrogen-bond acceptors (Lipinski definition) is 3. The maximum Gasteiger partial charge on any atom is 0.122 e. The Balaban J connectivity index is 1.71. The molecule has 2 N–H and O–H groups in total. The molecular weight excluding hydrogens is 262 g/mol. The first-order chi connectivity index (χ1) is 10.3. The molecule has 1 aliphatic heterocycles. The van der Waals surface area contributed by atoms with E-state index in [4.69, 9.17) is 4.74 Å². The lowest BCUT2D eigenvalue weighted by atomic mass is 9.87. The molecule has 2 aromatic rings. The van der Waals surface area contributed by atoms with Gasteiger partial charge in [-0.05, 0) is 49.2 Å². The van der Waals surface area contributed by atoms with E-state index in [0.29, 0.717) is 17.7 Å². The molecule has 0 radical (unpaired) electrons. The Morgan fingerprint density at radius 1 is 1.19 bits per heavy atom. The van der Waals surface area contributed by atoms with Gasteiger partial charge in [0.1, 0.15) is 11.5 Å². The maximum absolute atomic E-state index is 9.37. The van der Waals surface area contributed by atoms with Gasteiger partial charge in [-0.3, -0.25) is 0 Å². The summed E-state index contributed by atoms with van der Waals surface area (Å²) in [7, 11) is 2.01. The Morgan fingerprint density at radius 2 is 1.95 bits per heavy atom. The molecule has 0 spiro atoms. The lowest BCUT2D eigenvalue weighted by molar-refractivity contribution is 0.187. The van der Waals surface area contributed by atoms with E-state index in [-0.39, 0.29) is 0 Å². The number of fused-ring (bicyclic) bond motifs is 1. The molecule has 0 saturated heterocycles. The molecule has 110 valence electrons. The molecule has 3 rings (SSSR count). The molecule has 2 aromatic carbocycles. The molecule has 0 aliphatic carbocycles. The smallest absolute Gasteiger partial charge is 0.122 e. The zero-order valence-electron chi connectivity index (χ0n) is 12.3. The van der Waals surface area contributed by atoms with E-state index in [2.05, 4.69) is 17.4 Å². The zero-order chi connectivity index (χ0) is 14.7. The van der Waals surface area contributed by atoms with Gasteiger partial charge in [0.15, 0.2) is 0 Å². The summed E-state index contributed by atoms with van der Waals surface area (Å²) < 4.78 is 5.90. The third-order valence-corrected chi connectivity index (χ3v) is 4.24. The van der Waals surface area contributed by atoms with Gasteiger partial charge >= 0.3 is 0 Å². The Labute approximate surface area is 125 Å². The van der Waals surface area contributed by atoms with Crippen LogP contribution < -0.4 is 10.1 Å². The molecule has 2 atom stereocenters. The Morgan fingerprint density at radius 3 is 2.71 bits per heavy atom. The van der Waals surface area contributed by atoms with Crippen LogP contribution in [0.2, 0.25) is 0 Å². The fourth-order valence-corrected chi connectivity index (χ4v) is 3.00. The second-order valence-electron chi connectivity index (χ2n) is 5.65. The molecule has 21 heavy (non-hydrogen) atoms. The monoisotopic (exact) mass is 283 g/mol. The number of phenolic OH excluding ortho intramolecular Hbond substituents is 1. The van der Waals surface area contributed by atoms with Crippen LogP contribution in [0, 0.1) is 5.92 Å². The van der Waals surface area contributed by atoms with Gasteiger partial charge in [-0.15, -0.1) is 0 Å². The minimum atomic E-state index is 0.315. The van der Waals surface area contributed by atoms with Crippen LogP contribution >= 0.6 is 0 Å². The van der Waals surface area contributed by atoms with Crippen molar-refractivity contribution < 1.29 is 9.84 Å². The number of phenols is 1. The second kappa shape index (κ2) is 6.19. The standard InChI is InChI=1S/C18H21NO2/c1-19-17(10-13-6-8-16(20)9-7-13)15-11-14-4-2-3-5-18(14)21-12-15/h2-9,15,17,19-20H,10-12H2,1H3. The summed E-state index contributed by atoms with van der Waals surface area (Å²) in [6.45, 7) is 0.751. The van der Waals surface area contributed by atoms with E-state index in [0.717, 1.165) is 25.2 Å². The molecule has 3 heteroatoms. The van der Waals surface area contributed by atoms with Gasteiger partial charge in [0, 0.05) is 12.0 Å². The van der Waals surface area contributed by atoms with Gasteiger partial charge in [-0.25, -0.2) is 0 Å². The third-order valence-electron chi connectivity index (χ3n) is 4.24. The number of ether oxygens (including phenoxy) is 1. The lowest BCUT2D eigenvalue weighted by Crippen LogP contribution is -2.41. The van der Waals surface area contributed by atoms with Crippen LogP contribution in [0.25, 0.3) is 0 Å². The fraction of sp³-hybridized carbons (Fsp3) is 0.333. The van der Waals surface area contributed by atoms with Crippen molar-refractivity contribution in [3.8, 4) is 11.5 Å². The SMILES string of the molecule is CNC(Cc1ccc(O)cc1)C1COc2ccccc2C1. The number of hydrogen-bond donors (Lipinski definition) is 2. The van der Waals surface area contributed by atoms with E-state index >= 15 is 0 Å². The molecule has 1 aliphatic rings. The van der Waals surface area contributed by atoms with Crippen molar-refractivity contribution in [3.05, 3.63) is 59.7 Å². The molecule has 0 aromatic heterocycles. The van der Waals surface area contributed by atoms with Crippen molar-refractivity contribution in [1.29, 1.82) is 0 Å². The molecule has 0 bridgehead atoms. The number of para-hydroxylation sites is 1. The highest BCUT2D eigenvalue weighted by atomic mass is 16.5. The lowest BCUT2D eigenvalue weighted by Gasteiger charge is -2.31. The summed E-state index contributed by atoms with van der Waals surface area (Å²) in [6.07, 6.45) is 1.98. The van der Waals surface area contributed by atoms with Gasteiger partial charge in [-0.1, -0.05) is 30.3 Å². The highest BCUT2D eigenvalue weighted by Gasteiger charge is 2.26. The fourth-order valence-electron chi connectivity index (χ4n) is 3.00. The van der Waals surface area contributed by atoms with Crippen LogP contribution in [-0.4, -0.2) is 24.8 Å². The third kappa shape index (κ3) is 3.19. The number of rotatable bonds is 4. The quantitative estimate of drug-likeness (QED) is 0.906. The van der Waals surface area contributed by atoms with E-state index in [1.807, 2.05) is 31.3 Å². The number of benzene rings is 2. The molecule has 0 saturated carbocycles. The van der Waals surface area contributed by atoms with Crippen molar-refractivity contribution in [2.45, 2.75) is 18.9 Å². The van der Waals surface area contributed by atoms with E-state index in [9.17, 15) is 5.11 Å². The van der Waals surface area contributed by atoms with Crippen LogP contribution in [0.5, 0.6) is 11.5 Å². The molecule has 3 nitrogen and oxygen atoms in total. The average molecular weight is 283 g/mol. The largest absolute Gasteiger partial charge is 0.508 e. The first kappa shape index (κ1) is 14.0. The van der Waals surface area contributed by atoms with E-state index < -0.39 is 0 Å². The van der Waals surface area contributed by atoms with Crippen molar-refractivity contribution in [2.24, 2.45) is 5.92 Å². The van der Waals surface area contributed by atoms with Crippen LogP contribution in [0.3, 0.4) is 0 Å². The Kier molecular flexibility index (Phi) is 4.11. The van der Waals surface area contributed by atoms with Gasteiger partial charge in [-0.2, -0.15) is 0 Å². The summed E-state index contributed by atoms with van der Waals surface area (Å²) in [4.78, 5) is 0. The number of nitrogens with one attached hydrogen (secondary N) is 1. The summed E-state index contributed by atoms with van der Waals surface area (Å²) in [6, 6.07) is 16.1. The van der Waals surface area contributed by atoms with Crippen LogP contribution in [0.1, 0.15) is 11.1 Å². The minimum absolute atomic E-state index is 0.315. The summed E-state index contributed by atoms with van der Waals surface area (Å²) in [5, 5.41) is 12.8. The van der Waals surface area contributed by atoms with Gasteiger partial charge in [0.2, 0.25) is 0 Å². The highest BCUT2D eigenvalue weighted by molar-refractivity contribution is 5.35. The normalized spacial score (nSPS) is 18.6. The van der Waals surface area contributed by atoms with Gasteiger partial charge in [0.25, 0.3) is 0 Å². The molecular formula is C18H21NO2. The molecule has 0 amide bonds. The van der Waals surface area contributed by atoms with Crippen molar-refractivity contribution in [1.82, 2.24) is 5.32 Å². The van der Waals surface area contributed by atoms with E-state index in [1.54, 1.807) is 12.1 Å². The summed E-state index contributed by atoms with van der Waals surface area (Å²) in [5.41, 5.74) is 2.52. The first-order valence-electron chi connectivity index (χ1n) is 7.42. The highest BCUT2D eigenvalue weighted by Crippen LogP contribution is 2.29. The first-order valence-corrected chi connectivity index (χ1v) is 7.42. The van der Waals surface area contributed by atoms with Crippen molar-refractivity contribution in [3.63, 3.8) is 0 Å².